The van der Waals surface area contributed by atoms with Gasteiger partial charge in [-0.15, -0.1) is 0 Å². The molecule has 4 aromatic rings. The van der Waals surface area contributed by atoms with E-state index >= 15 is 0 Å². The van der Waals surface area contributed by atoms with Crippen LogP contribution < -0.4 is 21.3 Å². The van der Waals surface area contributed by atoms with E-state index in [9.17, 15) is 39.0 Å². The number of alkyl carbamates (subject to hydrolysis) is 1. The van der Waals surface area contributed by atoms with Gasteiger partial charge in [0.1, 0.15) is 35.2 Å². The number of fused-ring (bicyclic) bond motifs is 5. The van der Waals surface area contributed by atoms with Crippen molar-refractivity contribution < 1.29 is 48.5 Å². The first kappa shape index (κ1) is 45.5. The molecule has 0 fully saturated rings. The number of likely N-dealkylation sites (N-methyl/N-ethyl adjacent to an activating group) is 1. The maximum absolute atomic E-state index is 14.6. The number of hydrogen-bond donors (Lipinski definition) is 6. The molecule has 6 N–H and O–H groups in total. The van der Waals surface area contributed by atoms with Crippen molar-refractivity contribution in [2.45, 2.75) is 70.2 Å². The molecule has 1 aliphatic rings. The molecule has 16 heteroatoms. The van der Waals surface area contributed by atoms with E-state index in [4.69, 9.17) is 21.1 Å². The molecule has 1 heterocycles. The van der Waals surface area contributed by atoms with Gasteiger partial charge in [0.2, 0.25) is 17.7 Å². The lowest BCUT2D eigenvalue weighted by molar-refractivity contribution is -0.145. The van der Waals surface area contributed by atoms with Crippen LogP contribution in [0.25, 0.3) is 22.3 Å². The lowest BCUT2D eigenvalue weighted by atomic mass is 9.94. The smallest absolute Gasteiger partial charge is 0.407 e. The minimum atomic E-state index is -1.43. The number of nitrogens with zero attached hydrogens (tertiary/aromatic N) is 1. The average molecular weight is 856 g/mol. The molecule has 5 rings (SSSR count). The van der Waals surface area contributed by atoms with Gasteiger partial charge in [0.05, 0.1) is 13.7 Å². The molecular weight excluding hydrogens is 806 g/mol. The van der Waals surface area contributed by atoms with Gasteiger partial charge < -0.3 is 45.9 Å². The number of hydrogen-bond acceptors (Lipinski definition) is 10. The second-order valence-electron chi connectivity index (χ2n) is 15.6. The summed E-state index contributed by atoms with van der Waals surface area (Å²) in [5.74, 6) is -3.96. The fourth-order valence-corrected chi connectivity index (χ4v) is 6.93. The van der Waals surface area contributed by atoms with Crippen molar-refractivity contribution in [3.63, 3.8) is 0 Å². The highest BCUT2D eigenvalue weighted by Crippen LogP contribution is 2.39. The van der Waals surface area contributed by atoms with Crippen molar-refractivity contribution in [3.8, 4) is 33.8 Å². The Labute approximate surface area is 358 Å². The Hall–Kier alpha value is -6.61. The van der Waals surface area contributed by atoms with Crippen molar-refractivity contribution in [1.29, 1.82) is 0 Å². The maximum Gasteiger partial charge on any atom is 0.407 e. The van der Waals surface area contributed by atoms with Gasteiger partial charge in [-0.2, -0.15) is 0 Å². The number of methoxy groups -OCH3 is 1. The first-order valence-electron chi connectivity index (χ1n) is 19.6. The van der Waals surface area contributed by atoms with Crippen molar-refractivity contribution >= 4 is 47.3 Å². The quantitative estimate of drug-likeness (QED) is 0.0834. The van der Waals surface area contributed by atoms with E-state index < -0.39 is 66.0 Å². The number of esters is 1. The van der Waals surface area contributed by atoms with Crippen molar-refractivity contribution in [2.24, 2.45) is 0 Å². The maximum atomic E-state index is 14.6. The van der Waals surface area contributed by atoms with Gasteiger partial charge in [-0.3, -0.25) is 19.2 Å². The minimum Gasteiger partial charge on any atom is -0.507 e. The van der Waals surface area contributed by atoms with Gasteiger partial charge >= 0.3 is 12.1 Å². The number of ether oxygens (including phenoxy) is 2. The Bertz CT molecular complexity index is 2260. The molecule has 4 bridgehead atoms. The zero-order valence-corrected chi connectivity index (χ0v) is 35.3. The number of carbonyl (C=O) groups is 6. The molecule has 0 radical (unpaired) electrons. The minimum absolute atomic E-state index is 0.0311. The second kappa shape index (κ2) is 20.1. The Balaban J connectivity index is 1.46. The summed E-state index contributed by atoms with van der Waals surface area (Å²) < 4.78 is 10.2. The number of phenolic OH excluding ortho intramolecular Hbond substituents is 2. The van der Waals surface area contributed by atoms with Crippen LogP contribution in [0.15, 0.2) is 84.9 Å². The lowest BCUT2D eigenvalue weighted by Gasteiger charge is -2.32. The summed E-state index contributed by atoms with van der Waals surface area (Å²) in [5, 5.41) is 33.2. The predicted octanol–water partition coefficient (Wildman–Crippen LogP) is 5.41. The number of unbranched alkanes of at least 4 members (excludes halogenated alkanes) is 1. The SMILES string of the molecule is COC(=O)[C@@H]1Cc2ccc(O)c(c2)-c2cc(ccc2O)[C@H](N(C)C(=O)[C@H](CCCCNC(=O)OC(C)(C)C)NC(=O)c2ccc(-c3ccc(Cl)cc3)cc2)C(=O)NCC(=O)N1. The fraction of sp³-hybridized carbons (Fsp3) is 0.333. The summed E-state index contributed by atoms with van der Waals surface area (Å²) in [6.45, 7) is 4.88. The number of carbonyl (C=O) groups excluding carboxylic acids is 6. The van der Waals surface area contributed by atoms with Crippen LogP contribution in [0.3, 0.4) is 0 Å². The largest absolute Gasteiger partial charge is 0.507 e. The van der Waals surface area contributed by atoms with E-state index in [1.165, 1.54) is 44.5 Å². The van der Waals surface area contributed by atoms with Crippen LogP contribution in [0.2, 0.25) is 5.02 Å². The zero-order chi connectivity index (χ0) is 44.4. The van der Waals surface area contributed by atoms with Crippen molar-refractivity contribution in [3.05, 3.63) is 107 Å². The summed E-state index contributed by atoms with van der Waals surface area (Å²) in [6.07, 6.45) is 0.233. The Morgan fingerprint density at radius 3 is 2.15 bits per heavy atom. The van der Waals surface area contributed by atoms with Crippen molar-refractivity contribution in [2.75, 3.05) is 27.2 Å². The number of nitrogens with one attached hydrogen (secondary N) is 4. The molecule has 61 heavy (non-hydrogen) atoms. The summed E-state index contributed by atoms with van der Waals surface area (Å²) in [4.78, 5) is 81.7. The molecule has 15 nitrogen and oxygen atoms in total. The Morgan fingerprint density at radius 2 is 1.51 bits per heavy atom. The topological polar surface area (TPSA) is 213 Å². The van der Waals surface area contributed by atoms with E-state index in [-0.39, 0.29) is 53.1 Å². The average Bonchev–Trinajstić information content (AvgIpc) is 3.22. The molecule has 0 saturated heterocycles. The first-order valence-corrected chi connectivity index (χ1v) is 20.0. The molecule has 0 spiro atoms. The van der Waals surface area contributed by atoms with Crippen LogP contribution >= 0.6 is 11.6 Å². The summed E-state index contributed by atoms with van der Waals surface area (Å²) >= 11 is 6.05. The standard InChI is InChI=1S/C45H50ClN5O10/c1-45(2,3)61-44(59)47-21-7-6-8-34(50-40(55)29-12-10-27(11-13-29)28-14-17-31(46)18-15-28)42(57)51(4)39-30-16-20-37(53)33(24-30)32-22-26(9-19-36(32)52)23-35(43(58)60-5)49-38(54)25-48-41(39)56/h9-20,22,24,34-35,39,52-53H,6-8,21,23,25H2,1-5H3,(H,47,59)(H,48,56)(H,49,54)(H,50,55)/t34-,35-,39-/m0/s1. The third-order valence-corrected chi connectivity index (χ3v) is 10.1. The van der Waals surface area contributed by atoms with E-state index in [2.05, 4.69) is 21.3 Å². The summed E-state index contributed by atoms with van der Waals surface area (Å²) in [5.41, 5.74) is 2.29. The van der Waals surface area contributed by atoms with Crippen LogP contribution in [0.5, 0.6) is 11.5 Å². The molecule has 3 atom stereocenters. The Kier molecular flexibility index (Phi) is 15.0. The number of phenols is 2. The first-order chi connectivity index (χ1) is 28.9. The monoisotopic (exact) mass is 855 g/mol. The second-order valence-corrected chi connectivity index (χ2v) is 16.0. The van der Waals surface area contributed by atoms with E-state index in [0.29, 0.717) is 23.4 Å². The Morgan fingerprint density at radius 1 is 0.885 bits per heavy atom. The van der Waals surface area contributed by atoms with Crippen molar-refractivity contribution in [1.82, 2.24) is 26.2 Å². The molecule has 322 valence electrons. The van der Waals surface area contributed by atoms with Crippen LogP contribution in [0.4, 0.5) is 4.79 Å². The zero-order valence-electron chi connectivity index (χ0n) is 34.5. The number of amides is 5. The number of aromatic hydroxyl groups is 2. The molecule has 0 aliphatic carbocycles. The molecule has 4 aromatic carbocycles. The van der Waals surface area contributed by atoms with Gasteiger partial charge in [-0.25, -0.2) is 9.59 Å². The van der Waals surface area contributed by atoms with Crippen LogP contribution in [0, 0.1) is 0 Å². The number of rotatable bonds is 11. The molecule has 0 saturated carbocycles. The van der Waals surface area contributed by atoms with Crippen LogP contribution in [-0.2, 0) is 35.1 Å². The summed E-state index contributed by atoms with van der Waals surface area (Å²) in [7, 11) is 2.54. The molecule has 5 amide bonds. The number of benzene rings is 4. The highest BCUT2D eigenvalue weighted by atomic mass is 35.5. The van der Waals surface area contributed by atoms with E-state index in [0.717, 1.165) is 16.0 Å². The number of halogens is 1. The molecule has 0 unspecified atom stereocenters. The van der Waals surface area contributed by atoms with Gasteiger partial charge in [0.15, 0.2) is 0 Å². The summed E-state index contributed by atoms with van der Waals surface area (Å²) in [6, 6.07) is 18.9. The highest BCUT2D eigenvalue weighted by Gasteiger charge is 2.35. The molecular formula is C45H50ClN5O10. The fourth-order valence-electron chi connectivity index (χ4n) is 6.80. The van der Waals surface area contributed by atoms with Gasteiger partial charge in [0.25, 0.3) is 5.91 Å². The predicted molar refractivity (Wildman–Crippen MR) is 228 cm³/mol. The molecule has 1 aliphatic heterocycles. The molecule has 0 aromatic heterocycles. The third-order valence-electron chi connectivity index (χ3n) is 9.87. The normalized spacial score (nSPS) is 15.8. The van der Waals surface area contributed by atoms with E-state index in [1.54, 1.807) is 63.2 Å². The third kappa shape index (κ3) is 12.2. The van der Waals surface area contributed by atoms with Crippen LogP contribution in [-0.4, -0.2) is 95.7 Å². The lowest BCUT2D eigenvalue weighted by Crippen LogP contribution is -2.52. The van der Waals surface area contributed by atoms with E-state index in [1.807, 2.05) is 12.1 Å². The highest BCUT2D eigenvalue weighted by molar-refractivity contribution is 6.30. The van der Waals surface area contributed by atoms with Gasteiger partial charge in [0, 0.05) is 41.7 Å². The van der Waals surface area contributed by atoms with Crippen LogP contribution in [0.1, 0.15) is 67.6 Å². The van der Waals surface area contributed by atoms with Gasteiger partial charge in [-0.1, -0.05) is 48.0 Å². The van der Waals surface area contributed by atoms with Gasteiger partial charge in [-0.05, 0) is 111 Å².